The van der Waals surface area contributed by atoms with Gasteiger partial charge in [0, 0.05) is 6.07 Å². The second-order valence-electron chi connectivity index (χ2n) is 4.46. The predicted molar refractivity (Wildman–Crippen MR) is 78.6 cm³/mol. The maximum Gasteiger partial charge on any atom is 0.153 e. The summed E-state index contributed by atoms with van der Waals surface area (Å²) in [6, 6.07) is 15.5. The molecule has 0 unspecified atom stereocenters. The van der Waals surface area contributed by atoms with Crippen molar-refractivity contribution < 1.29 is 14.3 Å². The van der Waals surface area contributed by atoms with E-state index in [9.17, 15) is 4.79 Å². The number of carbonyl (C=O) groups excluding carboxylic acids is 1. The van der Waals surface area contributed by atoms with Gasteiger partial charge in [-0.05, 0) is 30.5 Å². The van der Waals surface area contributed by atoms with Gasteiger partial charge in [0.25, 0.3) is 0 Å². The molecule has 0 fully saturated rings. The van der Waals surface area contributed by atoms with E-state index in [1.165, 1.54) is 5.56 Å². The van der Waals surface area contributed by atoms with Crippen LogP contribution in [0.2, 0.25) is 0 Å². The molecule has 0 saturated carbocycles. The first kappa shape index (κ1) is 14.1. The second kappa shape index (κ2) is 7.34. The smallest absolute Gasteiger partial charge is 0.153 e. The van der Waals surface area contributed by atoms with E-state index in [0.29, 0.717) is 23.7 Å². The average Bonchev–Trinajstić information content (AvgIpc) is 2.52. The third-order valence-electron chi connectivity index (χ3n) is 3.06. The van der Waals surface area contributed by atoms with Crippen LogP contribution in [0.25, 0.3) is 0 Å². The van der Waals surface area contributed by atoms with Crippen molar-refractivity contribution in [3.05, 3.63) is 59.7 Å². The number of benzene rings is 2. The number of aryl methyl sites for hydroxylation is 1. The molecular weight excluding hydrogens is 252 g/mol. The molecule has 2 aromatic rings. The topological polar surface area (TPSA) is 35.5 Å². The lowest BCUT2D eigenvalue weighted by Gasteiger charge is -2.10. The third-order valence-corrected chi connectivity index (χ3v) is 3.06. The summed E-state index contributed by atoms with van der Waals surface area (Å²) >= 11 is 0. The summed E-state index contributed by atoms with van der Waals surface area (Å²) in [5.41, 5.74) is 1.84. The number of carbonyl (C=O) groups is 1. The Labute approximate surface area is 119 Å². The molecule has 3 nitrogen and oxygen atoms in total. The highest BCUT2D eigenvalue weighted by Crippen LogP contribution is 2.23. The van der Waals surface area contributed by atoms with Gasteiger partial charge in [0.2, 0.25) is 0 Å². The molecular formula is C17H18O3. The van der Waals surface area contributed by atoms with Crippen LogP contribution in [-0.2, 0) is 6.42 Å². The molecule has 0 radical (unpaired) electrons. The van der Waals surface area contributed by atoms with Gasteiger partial charge < -0.3 is 9.47 Å². The van der Waals surface area contributed by atoms with E-state index >= 15 is 0 Å². The summed E-state index contributed by atoms with van der Waals surface area (Å²) in [7, 11) is 1.59. The van der Waals surface area contributed by atoms with Crippen LogP contribution in [0.3, 0.4) is 0 Å². The summed E-state index contributed by atoms with van der Waals surface area (Å²) in [5, 5.41) is 0. The number of methoxy groups -OCH3 is 1. The fraction of sp³-hybridized carbons (Fsp3) is 0.235. The first-order chi connectivity index (χ1) is 9.83. The third kappa shape index (κ3) is 3.85. The molecule has 0 aliphatic heterocycles. The molecule has 0 aliphatic carbocycles. The van der Waals surface area contributed by atoms with Crippen molar-refractivity contribution in [3.63, 3.8) is 0 Å². The molecule has 0 heterocycles. The van der Waals surface area contributed by atoms with Crippen molar-refractivity contribution in [3.8, 4) is 11.5 Å². The largest absolute Gasteiger partial charge is 0.497 e. The van der Waals surface area contributed by atoms with Gasteiger partial charge in [0.05, 0.1) is 19.3 Å². The van der Waals surface area contributed by atoms with Gasteiger partial charge in [0.15, 0.2) is 6.29 Å². The van der Waals surface area contributed by atoms with E-state index < -0.39 is 0 Å². The minimum Gasteiger partial charge on any atom is -0.497 e. The molecule has 0 atom stereocenters. The van der Waals surface area contributed by atoms with Crippen molar-refractivity contribution in [1.82, 2.24) is 0 Å². The zero-order chi connectivity index (χ0) is 14.2. The normalized spacial score (nSPS) is 10.1. The number of aldehydes is 1. The molecule has 0 N–H and O–H groups in total. The van der Waals surface area contributed by atoms with Gasteiger partial charge >= 0.3 is 0 Å². The molecule has 3 heteroatoms. The summed E-state index contributed by atoms with van der Waals surface area (Å²) in [6.45, 7) is 0.572. The average molecular weight is 270 g/mol. The van der Waals surface area contributed by atoms with E-state index in [1.54, 1.807) is 25.3 Å². The lowest BCUT2D eigenvalue weighted by atomic mass is 10.1. The van der Waals surface area contributed by atoms with Gasteiger partial charge in [0.1, 0.15) is 11.5 Å². The Morgan fingerprint density at radius 1 is 1.10 bits per heavy atom. The number of ether oxygens (including phenoxy) is 2. The number of hydrogen-bond donors (Lipinski definition) is 0. The molecule has 104 valence electrons. The van der Waals surface area contributed by atoms with Gasteiger partial charge in [-0.2, -0.15) is 0 Å². The predicted octanol–water partition coefficient (Wildman–Crippen LogP) is 3.52. The van der Waals surface area contributed by atoms with E-state index in [0.717, 1.165) is 19.1 Å². The highest BCUT2D eigenvalue weighted by molar-refractivity contribution is 5.79. The van der Waals surface area contributed by atoms with Gasteiger partial charge in [-0.3, -0.25) is 4.79 Å². The van der Waals surface area contributed by atoms with Gasteiger partial charge in [-0.15, -0.1) is 0 Å². The van der Waals surface area contributed by atoms with Crippen molar-refractivity contribution in [1.29, 1.82) is 0 Å². The molecule has 0 aliphatic rings. The van der Waals surface area contributed by atoms with Crippen LogP contribution in [-0.4, -0.2) is 20.0 Å². The van der Waals surface area contributed by atoms with Crippen molar-refractivity contribution in [2.75, 3.05) is 13.7 Å². The first-order valence-corrected chi connectivity index (χ1v) is 6.63. The maximum absolute atomic E-state index is 11.0. The SMILES string of the molecule is COc1ccc(C=O)c(OCCCc2ccccc2)c1. The molecule has 0 aromatic heterocycles. The minimum atomic E-state index is 0.547. The Kier molecular flexibility index (Phi) is 5.18. The Bertz CT molecular complexity index is 549. The number of hydrogen-bond acceptors (Lipinski definition) is 3. The summed E-state index contributed by atoms with van der Waals surface area (Å²) < 4.78 is 10.8. The van der Waals surface area contributed by atoms with E-state index in [2.05, 4.69) is 12.1 Å². The van der Waals surface area contributed by atoms with Crippen LogP contribution < -0.4 is 9.47 Å². The maximum atomic E-state index is 11.0. The van der Waals surface area contributed by atoms with Crippen molar-refractivity contribution in [2.45, 2.75) is 12.8 Å². The van der Waals surface area contributed by atoms with Gasteiger partial charge in [-0.25, -0.2) is 0 Å². The molecule has 0 amide bonds. The van der Waals surface area contributed by atoms with Crippen LogP contribution in [0.1, 0.15) is 22.3 Å². The Morgan fingerprint density at radius 3 is 2.60 bits per heavy atom. The Morgan fingerprint density at radius 2 is 1.90 bits per heavy atom. The monoisotopic (exact) mass is 270 g/mol. The molecule has 0 saturated heterocycles. The van der Waals surface area contributed by atoms with Crippen LogP contribution in [0.4, 0.5) is 0 Å². The molecule has 0 bridgehead atoms. The second-order valence-corrected chi connectivity index (χ2v) is 4.46. The van der Waals surface area contributed by atoms with Crippen molar-refractivity contribution in [2.24, 2.45) is 0 Å². The van der Waals surface area contributed by atoms with Crippen LogP contribution in [0, 0.1) is 0 Å². The zero-order valence-corrected chi connectivity index (χ0v) is 11.5. The molecule has 0 spiro atoms. The first-order valence-electron chi connectivity index (χ1n) is 6.63. The molecule has 20 heavy (non-hydrogen) atoms. The zero-order valence-electron chi connectivity index (χ0n) is 11.5. The van der Waals surface area contributed by atoms with E-state index in [1.807, 2.05) is 18.2 Å². The number of rotatable bonds is 7. The highest BCUT2D eigenvalue weighted by Gasteiger charge is 2.05. The van der Waals surface area contributed by atoms with Gasteiger partial charge in [-0.1, -0.05) is 30.3 Å². The van der Waals surface area contributed by atoms with Crippen LogP contribution in [0.15, 0.2) is 48.5 Å². The van der Waals surface area contributed by atoms with Crippen LogP contribution in [0.5, 0.6) is 11.5 Å². The van der Waals surface area contributed by atoms with Crippen LogP contribution >= 0.6 is 0 Å². The standard InChI is InChI=1S/C17H18O3/c1-19-16-10-9-15(13-18)17(12-16)20-11-5-8-14-6-3-2-4-7-14/h2-4,6-7,9-10,12-13H,5,8,11H2,1H3. The van der Waals surface area contributed by atoms with E-state index in [-0.39, 0.29) is 0 Å². The minimum absolute atomic E-state index is 0.547. The molecule has 2 rings (SSSR count). The molecule has 2 aromatic carbocycles. The lowest BCUT2D eigenvalue weighted by molar-refractivity contribution is 0.111. The highest BCUT2D eigenvalue weighted by atomic mass is 16.5. The summed E-state index contributed by atoms with van der Waals surface area (Å²) in [4.78, 5) is 11.0. The summed E-state index contributed by atoms with van der Waals surface area (Å²) in [6.07, 6.45) is 2.66. The fourth-order valence-corrected chi connectivity index (χ4v) is 1.97. The Hall–Kier alpha value is -2.29. The Balaban J connectivity index is 1.88. The summed E-state index contributed by atoms with van der Waals surface area (Å²) in [5.74, 6) is 1.26. The fourth-order valence-electron chi connectivity index (χ4n) is 1.97. The van der Waals surface area contributed by atoms with E-state index in [4.69, 9.17) is 9.47 Å². The van der Waals surface area contributed by atoms with Crippen molar-refractivity contribution >= 4 is 6.29 Å². The quantitative estimate of drug-likeness (QED) is 0.570. The lowest BCUT2D eigenvalue weighted by Crippen LogP contribution is -2.02.